The number of aliphatic hydroxyl groups is 1. The Hall–Kier alpha value is -2.26. The van der Waals surface area contributed by atoms with Gasteiger partial charge in [0.05, 0.1) is 30.9 Å². The molecule has 2 fully saturated rings. The van der Waals surface area contributed by atoms with E-state index >= 15 is 0 Å². The third kappa shape index (κ3) is 6.41. The lowest BCUT2D eigenvalue weighted by Crippen LogP contribution is -2.33. The van der Waals surface area contributed by atoms with Gasteiger partial charge in [0.15, 0.2) is 0 Å². The van der Waals surface area contributed by atoms with Gasteiger partial charge in [-0.1, -0.05) is 0 Å². The van der Waals surface area contributed by atoms with Gasteiger partial charge in [-0.3, -0.25) is 9.69 Å². The summed E-state index contributed by atoms with van der Waals surface area (Å²) in [4.78, 5) is 16.8. The number of benzene rings is 1. The number of carbonyl (C=O) groups is 1. The molecule has 0 bridgehead atoms. The summed E-state index contributed by atoms with van der Waals surface area (Å²) in [6.45, 7) is 4.03. The number of likely N-dealkylation sites (tertiary alicyclic amines) is 1. The monoisotopic (exact) mass is 467 g/mol. The molecular formula is C24H32F3N3O3. The number of aromatic nitrogens is 1. The molecule has 1 aromatic carbocycles. The fraction of sp³-hybridized carbons (Fsp3) is 0.625. The maximum absolute atomic E-state index is 12.6. The molecule has 2 heterocycles. The molecule has 0 spiro atoms. The summed E-state index contributed by atoms with van der Waals surface area (Å²) in [6, 6.07) is 5.65. The molecule has 3 atom stereocenters. The largest absolute Gasteiger partial charge is 0.494 e. The SMILES string of the molecule is CC(C)(O)CC(=O)Nc1c[nH]c2ccc(OCCC3C[C@@H]4CN(CC(F)(F)F)C[C@@H]4C3)cc12. The number of ether oxygens (including phenoxy) is 1. The minimum absolute atomic E-state index is 0.00674. The second kappa shape index (κ2) is 9.18. The summed E-state index contributed by atoms with van der Waals surface area (Å²) < 4.78 is 43.8. The number of amides is 1. The molecular weight excluding hydrogens is 435 g/mol. The van der Waals surface area contributed by atoms with Crippen LogP contribution in [0.15, 0.2) is 24.4 Å². The predicted octanol–water partition coefficient (Wildman–Crippen LogP) is 4.56. The Morgan fingerprint density at radius 2 is 1.94 bits per heavy atom. The van der Waals surface area contributed by atoms with E-state index in [1.807, 2.05) is 18.2 Å². The highest BCUT2D eigenvalue weighted by Crippen LogP contribution is 2.43. The first-order valence-electron chi connectivity index (χ1n) is 11.5. The number of anilines is 1. The summed E-state index contributed by atoms with van der Waals surface area (Å²) in [5, 5.41) is 13.5. The number of nitrogens with one attached hydrogen (secondary N) is 2. The summed E-state index contributed by atoms with van der Waals surface area (Å²) in [7, 11) is 0. The van der Waals surface area contributed by atoms with Crippen molar-refractivity contribution in [3.63, 3.8) is 0 Å². The molecule has 3 N–H and O–H groups in total. The van der Waals surface area contributed by atoms with Gasteiger partial charge in [0.25, 0.3) is 0 Å². The van der Waals surface area contributed by atoms with Crippen molar-refractivity contribution in [2.24, 2.45) is 17.8 Å². The molecule has 1 aliphatic heterocycles. The maximum atomic E-state index is 12.6. The number of hydrogen-bond donors (Lipinski definition) is 3. The Labute approximate surface area is 191 Å². The van der Waals surface area contributed by atoms with Crippen LogP contribution in [0.1, 0.15) is 39.5 Å². The normalized spacial score (nSPS) is 23.8. The lowest BCUT2D eigenvalue weighted by atomic mass is 10.0. The molecule has 1 saturated heterocycles. The fourth-order valence-corrected chi connectivity index (χ4v) is 5.36. The topological polar surface area (TPSA) is 77.6 Å². The predicted molar refractivity (Wildman–Crippen MR) is 120 cm³/mol. The summed E-state index contributed by atoms with van der Waals surface area (Å²) >= 11 is 0. The molecule has 2 aromatic rings. The van der Waals surface area contributed by atoms with E-state index in [9.17, 15) is 23.1 Å². The van der Waals surface area contributed by atoms with Crippen molar-refractivity contribution in [2.75, 3.05) is 31.6 Å². The van der Waals surface area contributed by atoms with Crippen molar-refractivity contribution in [1.82, 2.24) is 9.88 Å². The highest BCUT2D eigenvalue weighted by Gasteiger charge is 2.43. The molecule has 1 unspecified atom stereocenters. The van der Waals surface area contributed by atoms with Crippen molar-refractivity contribution in [3.05, 3.63) is 24.4 Å². The number of hydrogen-bond acceptors (Lipinski definition) is 4. The van der Waals surface area contributed by atoms with Gasteiger partial charge in [-0.2, -0.15) is 13.2 Å². The van der Waals surface area contributed by atoms with Crippen LogP contribution in [0.5, 0.6) is 5.75 Å². The minimum atomic E-state index is -4.12. The van der Waals surface area contributed by atoms with Crippen LogP contribution in [0, 0.1) is 17.8 Å². The number of nitrogens with zero attached hydrogens (tertiary/aromatic N) is 1. The van der Waals surface area contributed by atoms with Crippen LogP contribution in [-0.4, -0.2) is 58.9 Å². The zero-order valence-corrected chi connectivity index (χ0v) is 19.0. The van der Waals surface area contributed by atoms with E-state index in [1.165, 1.54) is 0 Å². The van der Waals surface area contributed by atoms with E-state index in [4.69, 9.17) is 4.74 Å². The number of halogens is 3. The molecule has 0 radical (unpaired) electrons. The highest BCUT2D eigenvalue weighted by molar-refractivity contribution is 6.02. The van der Waals surface area contributed by atoms with Crippen LogP contribution >= 0.6 is 0 Å². The average Bonchev–Trinajstić information content (AvgIpc) is 3.32. The Morgan fingerprint density at radius 3 is 2.58 bits per heavy atom. The van der Waals surface area contributed by atoms with Gasteiger partial charge in [0.2, 0.25) is 5.91 Å². The second-order valence-corrected chi connectivity index (χ2v) is 10.3. The van der Waals surface area contributed by atoms with Gasteiger partial charge in [0.1, 0.15) is 5.75 Å². The van der Waals surface area contributed by atoms with Crippen molar-refractivity contribution in [2.45, 2.75) is 51.3 Å². The molecule has 1 amide bonds. The number of fused-ring (bicyclic) bond motifs is 2. The van der Waals surface area contributed by atoms with E-state index in [0.717, 1.165) is 30.2 Å². The van der Waals surface area contributed by atoms with Gasteiger partial charge in [-0.25, -0.2) is 0 Å². The van der Waals surface area contributed by atoms with E-state index < -0.39 is 18.3 Å². The minimum Gasteiger partial charge on any atom is -0.494 e. The molecule has 1 saturated carbocycles. The maximum Gasteiger partial charge on any atom is 0.401 e. The molecule has 6 nitrogen and oxygen atoms in total. The lowest BCUT2D eigenvalue weighted by molar-refractivity contribution is -0.144. The zero-order chi connectivity index (χ0) is 23.8. The second-order valence-electron chi connectivity index (χ2n) is 10.3. The Balaban J connectivity index is 1.26. The molecule has 1 aliphatic carbocycles. The third-order valence-corrected chi connectivity index (χ3v) is 6.64. The van der Waals surface area contributed by atoms with E-state index in [2.05, 4.69) is 10.3 Å². The molecule has 182 valence electrons. The first-order chi connectivity index (χ1) is 15.4. The van der Waals surface area contributed by atoms with Crippen LogP contribution in [0.25, 0.3) is 10.9 Å². The molecule has 2 aliphatic rings. The van der Waals surface area contributed by atoms with Gasteiger partial charge in [0, 0.05) is 30.2 Å². The van der Waals surface area contributed by atoms with Crippen molar-refractivity contribution in [3.8, 4) is 5.75 Å². The number of carbonyl (C=O) groups excluding carboxylic acids is 1. The average molecular weight is 468 g/mol. The highest BCUT2D eigenvalue weighted by atomic mass is 19.4. The van der Waals surface area contributed by atoms with Crippen LogP contribution in [-0.2, 0) is 4.79 Å². The number of rotatable bonds is 8. The van der Waals surface area contributed by atoms with Crippen LogP contribution < -0.4 is 10.1 Å². The van der Waals surface area contributed by atoms with E-state index in [-0.39, 0.29) is 12.3 Å². The third-order valence-electron chi connectivity index (χ3n) is 6.64. The lowest BCUT2D eigenvalue weighted by Gasteiger charge is -2.20. The Bertz CT molecular complexity index is 969. The van der Waals surface area contributed by atoms with Gasteiger partial charge in [-0.05, 0) is 69.1 Å². The standard InChI is InChI=1S/C24H32F3N3O3/c1-23(2,32)10-22(31)29-21-11-28-20-4-3-18(9-19(20)21)33-6-5-15-7-16-12-30(13-17(16)8-15)14-24(25,26)27/h3-4,9,11,15-17,28,32H,5-8,10,12-14H2,1-2H3,(H,29,31)/t15?,16-,17+. The Kier molecular flexibility index (Phi) is 6.64. The van der Waals surface area contributed by atoms with Crippen molar-refractivity contribution < 1.29 is 27.8 Å². The first kappa shape index (κ1) is 23.9. The quantitative estimate of drug-likeness (QED) is 0.532. The summed E-state index contributed by atoms with van der Waals surface area (Å²) in [5.41, 5.74) is 0.421. The fourth-order valence-electron chi connectivity index (χ4n) is 5.36. The van der Waals surface area contributed by atoms with Gasteiger partial charge < -0.3 is 20.1 Å². The zero-order valence-electron chi connectivity index (χ0n) is 19.0. The van der Waals surface area contributed by atoms with Crippen LogP contribution in [0.3, 0.4) is 0 Å². The van der Waals surface area contributed by atoms with E-state index in [0.29, 0.717) is 48.9 Å². The summed E-state index contributed by atoms with van der Waals surface area (Å²) in [6.07, 6.45) is 0.410. The number of alkyl halides is 3. The van der Waals surface area contributed by atoms with Crippen molar-refractivity contribution in [1.29, 1.82) is 0 Å². The molecule has 1 aromatic heterocycles. The van der Waals surface area contributed by atoms with E-state index in [1.54, 1.807) is 24.9 Å². The molecule has 33 heavy (non-hydrogen) atoms. The molecule has 4 rings (SSSR count). The first-order valence-corrected chi connectivity index (χ1v) is 11.5. The summed E-state index contributed by atoms with van der Waals surface area (Å²) in [5.74, 6) is 1.65. The van der Waals surface area contributed by atoms with Gasteiger partial charge >= 0.3 is 6.18 Å². The smallest absolute Gasteiger partial charge is 0.401 e. The van der Waals surface area contributed by atoms with Gasteiger partial charge in [-0.15, -0.1) is 0 Å². The number of aromatic amines is 1. The Morgan fingerprint density at radius 1 is 1.24 bits per heavy atom. The van der Waals surface area contributed by atoms with Crippen LogP contribution in [0.2, 0.25) is 0 Å². The number of H-pyrrole nitrogens is 1. The van der Waals surface area contributed by atoms with Crippen molar-refractivity contribution >= 4 is 22.5 Å². The van der Waals surface area contributed by atoms with Crippen LogP contribution in [0.4, 0.5) is 18.9 Å². The molecule has 9 heteroatoms.